The molecule has 1 rings (SSSR count). The SMILES string of the molecule is NCCC(O)c1ccccc1SCC(F)F. The van der Waals surface area contributed by atoms with Gasteiger partial charge in [0.1, 0.15) is 0 Å². The fourth-order valence-electron chi connectivity index (χ4n) is 1.35. The standard InChI is InChI=1S/C11H15F2NOS/c12-11(13)7-16-10-4-2-1-3-8(10)9(15)5-6-14/h1-4,9,11,15H,5-7,14H2. The van der Waals surface area contributed by atoms with Crippen LogP contribution in [-0.4, -0.2) is 23.8 Å². The number of hydrogen-bond donors (Lipinski definition) is 2. The van der Waals surface area contributed by atoms with Crippen LogP contribution in [0, 0.1) is 0 Å². The van der Waals surface area contributed by atoms with Gasteiger partial charge in [0.05, 0.1) is 11.9 Å². The molecule has 0 amide bonds. The maximum Gasteiger partial charge on any atom is 0.247 e. The van der Waals surface area contributed by atoms with E-state index in [0.717, 1.165) is 11.8 Å². The summed E-state index contributed by atoms with van der Waals surface area (Å²) >= 11 is 1.06. The van der Waals surface area contributed by atoms with Crippen LogP contribution in [0.1, 0.15) is 18.1 Å². The third-order valence-electron chi connectivity index (χ3n) is 2.08. The van der Waals surface area contributed by atoms with Crippen LogP contribution < -0.4 is 5.73 Å². The molecule has 0 aliphatic rings. The van der Waals surface area contributed by atoms with Gasteiger partial charge in [-0.25, -0.2) is 8.78 Å². The Labute approximate surface area is 97.8 Å². The number of hydrogen-bond acceptors (Lipinski definition) is 3. The molecule has 0 saturated heterocycles. The first-order valence-corrected chi connectivity index (χ1v) is 6.01. The lowest BCUT2D eigenvalue weighted by Gasteiger charge is -2.14. The Kier molecular flexibility index (Phi) is 5.73. The molecule has 1 unspecified atom stereocenters. The number of alkyl halides is 2. The van der Waals surface area contributed by atoms with E-state index >= 15 is 0 Å². The second-order valence-corrected chi connectivity index (χ2v) is 4.39. The maximum atomic E-state index is 12.1. The second kappa shape index (κ2) is 6.83. The minimum Gasteiger partial charge on any atom is -0.388 e. The predicted octanol–water partition coefficient (Wildman–Crippen LogP) is 2.43. The average molecular weight is 247 g/mol. The van der Waals surface area contributed by atoms with Gasteiger partial charge in [0, 0.05) is 4.90 Å². The van der Waals surface area contributed by atoms with Gasteiger partial charge in [0.15, 0.2) is 0 Å². The van der Waals surface area contributed by atoms with Crippen molar-refractivity contribution in [1.29, 1.82) is 0 Å². The van der Waals surface area contributed by atoms with E-state index in [9.17, 15) is 13.9 Å². The summed E-state index contributed by atoms with van der Waals surface area (Å²) in [7, 11) is 0. The fraction of sp³-hybridized carbons (Fsp3) is 0.455. The number of aliphatic hydroxyl groups excluding tert-OH is 1. The Morgan fingerprint density at radius 3 is 2.62 bits per heavy atom. The summed E-state index contributed by atoms with van der Waals surface area (Å²) in [6, 6.07) is 7.03. The number of halogens is 2. The lowest BCUT2D eigenvalue weighted by Crippen LogP contribution is -2.07. The highest BCUT2D eigenvalue weighted by Gasteiger charge is 2.13. The van der Waals surface area contributed by atoms with E-state index in [1.165, 1.54) is 0 Å². The van der Waals surface area contributed by atoms with Gasteiger partial charge in [-0.3, -0.25) is 0 Å². The molecular formula is C11H15F2NOS. The van der Waals surface area contributed by atoms with Crippen molar-refractivity contribution >= 4 is 11.8 Å². The first-order chi connectivity index (χ1) is 7.65. The van der Waals surface area contributed by atoms with E-state index in [2.05, 4.69) is 0 Å². The van der Waals surface area contributed by atoms with Crippen LogP contribution in [0.2, 0.25) is 0 Å². The highest BCUT2D eigenvalue weighted by Crippen LogP contribution is 2.29. The highest BCUT2D eigenvalue weighted by molar-refractivity contribution is 7.99. The van der Waals surface area contributed by atoms with E-state index in [1.54, 1.807) is 24.3 Å². The lowest BCUT2D eigenvalue weighted by atomic mass is 10.1. The van der Waals surface area contributed by atoms with Crippen LogP contribution in [0.25, 0.3) is 0 Å². The molecule has 16 heavy (non-hydrogen) atoms. The molecule has 90 valence electrons. The monoisotopic (exact) mass is 247 g/mol. The molecule has 5 heteroatoms. The van der Waals surface area contributed by atoms with Crippen LogP contribution in [0.5, 0.6) is 0 Å². The quantitative estimate of drug-likeness (QED) is 0.759. The van der Waals surface area contributed by atoms with Crippen molar-refractivity contribution in [3.63, 3.8) is 0 Å². The molecule has 0 spiro atoms. The zero-order valence-corrected chi connectivity index (χ0v) is 9.59. The molecule has 0 fully saturated rings. The van der Waals surface area contributed by atoms with Gasteiger partial charge < -0.3 is 10.8 Å². The third-order valence-corrected chi connectivity index (χ3v) is 3.18. The van der Waals surface area contributed by atoms with Crippen molar-refractivity contribution in [2.24, 2.45) is 5.73 Å². The topological polar surface area (TPSA) is 46.2 Å². The summed E-state index contributed by atoms with van der Waals surface area (Å²) in [5, 5.41) is 9.79. The van der Waals surface area contributed by atoms with Crippen molar-refractivity contribution in [2.75, 3.05) is 12.3 Å². The van der Waals surface area contributed by atoms with Crippen LogP contribution in [-0.2, 0) is 0 Å². The molecule has 1 aromatic carbocycles. The van der Waals surface area contributed by atoms with Crippen molar-refractivity contribution in [3.05, 3.63) is 29.8 Å². The minimum absolute atomic E-state index is 0.258. The second-order valence-electron chi connectivity index (χ2n) is 3.33. The molecule has 1 atom stereocenters. The normalized spacial score (nSPS) is 13.1. The summed E-state index contributed by atoms with van der Waals surface area (Å²) in [6.07, 6.45) is -2.58. The zero-order chi connectivity index (χ0) is 12.0. The largest absolute Gasteiger partial charge is 0.388 e. The first kappa shape index (κ1) is 13.4. The van der Waals surface area contributed by atoms with Gasteiger partial charge in [-0.05, 0) is 24.6 Å². The van der Waals surface area contributed by atoms with E-state index in [1.807, 2.05) is 0 Å². The smallest absolute Gasteiger partial charge is 0.247 e. The summed E-state index contributed by atoms with van der Waals surface area (Å²) in [5.41, 5.74) is 6.03. The van der Waals surface area contributed by atoms with E-state index in [-0.39, 0.29) is 5.75 Å². The number of nitrogens with two attached hydrogens (primary N) is 1. The molecular weight excluding hydrogens is 232 g/mol. The predicted molar refractivity (Wildman–Crippen MR) is 61.8 cm³/mol. The highest BCUT2D eigenvalue weighted by atomic mass is 32.2. The molecule has 3 N–H and O–H groups in total. The molecule has 2 nitrogen and oxygen atoms in total. The van der Waals surface area contributed by atoms with Gasteiger partial charge in [-0.2, -0.15) is 0 Å². The van der Waals surface area contributed by atoms with Gasteiger partial charge >= 0.3 is 0 Å². The minimum atomic E-state index is -2.34. The number of rotatable bonds is 6. The first-order valence-electron chi connectivity index (χ1n) is 5.03. The summed E-state index contributed by atoms with van der Waals surface area (Å²) in [4.78, 5) is 0.698. The molecule has 0 heterocycles. The number of aliphatic hydroxyl groups is 1. The summed E-state index contributed by atoms with van der Waals surface area (Å²) < 4.78 is 24.2. The van der Waals surface area contributed by atoms with Gasteiger partial charge in [-0.1, -0.05) is 18.2 Å². The fourth-order valence-corrected chi connectivity index (χ4v) is 2.20. The molecule has 0 saturated carbocycles. The Hall–Kier alpha value is -0.650. The van der Waals surface area contributed by atoms with Crippen molar-refractivity contribution in [3.8, 4) is 0 Å². The Morgan fingerprint density at radius 2 is 2.00 bits per heavy atom. The van der Waals surface area contributed by atoms with Crippen LogP contribution in [0.15, 0.2) is 29.2 Å². The summed E-state index contributed by atoms with van der Waals surface area (Å²) in [6.45, 7) is 0.370. The molecule has 0 aromatic heterocycles. The Morgan fingerprint density at radius 1 is 1.31 bits per heavy atom. The number of thioether (sulfide) groups is 1. The van der Waals surface area contributed by atoms with Gasteiger partial charge in [-0.15, -0.1) is 11.8 Å². The van der Waals surface area contributed by atoms with Crippen LogP contribution in [0.4, 0.5) is 8.78 Å². The average Bonchev–Trinajstić information content (AvgIpc) is 2.27. The molecule has 0 bridgehead atoms. The molecule has 0 aliphatic heterocycles. The van der Waals surface area contributed by atoms with Crippen molar-refractivity contribution in [2.45, 2.75) is 23.8 Å². The molecule has 1 aromatic rings. The van der Waals surface area contributed by atoms with E-state index < -0.39 is 12.5 Å². The van der Waals surface area contributed by atoms with Crippen molar-refractivity contribution in [1.82, 2.24) is 0 Å². The summed E-state index contributed by atoms with van der Waals surface area (Å²) in [5.74, 6) is -0.258. The molecule has 0 radical (unpaired) electrons. The Balaban J connectivity index is 2.74. The third kappa shape index (κ3) is 4.08. The van der Waals surface area contributed by atoms with Crippen molar-refractivity contribution < 1.29 is 13.9 Å². The maximum absolute atomic E-state index is 12.1. The van der Waals surface area contributed by atoms with Crippen LogP contribution in [0.3, 0.4) is 0 Å². The van der Waals surface area contributed by atoms with Gasteiger partial charge in [0.2, 0.25) is 6.43 Å². The zero-order valence-electron chi connectivity index (χ0n) is 8.77. The van der Waals surface area contributed by atoms with Crippen LogP contribution >= 0.6 is 11.8 Å². The lowest BCUT2D eigenvalue weighted by molar-refractivity contribution is 0.167. The van der Waals surface area contributed by atoms with Gasteiger partial charge in [0.25, 0.3) is 0 Å². The van der Waals surface area contributed by atoms with E-state index in [0.29, 0.717) is 23.4 Å². The molecule has 0 aliphatic carbocycles. The number of benzene rings is 1. The van der Waals surface area contributed by atoms with E-state index in [4.69, 9.17) is 5.73 Å². The Bertz CT molecular complexity index is 323.